The Balaban J connectivity index is 1.02. The van der Waals surface area contributed by atoms with Crippen LogP contribution in [-0.2, 0) is 4.74 Å². The lowest BCUT2D eigenvalue weighted by molar-refractivity contribution is -0.160. The number of piperazine rings is 1. The first-order valence-corrected chi connectivity index (χ1v) is 16.0. The lowest BCUT2D eigenvalue weighted by Crippen LogP contribution is -2.59. The van der Waals surface area contributed by atoms with Crippen LogP contribution in [0.1, 0.15) is 52.9 Å². The molecule has 1 aromatic heterocycles. The Kier molecular flexibility index (Phi) is 7.15. The third-order valence-electron chi connectivity index (χ3n) is 10.2. The summed E-state index contributed by atoms with van der Waals surface area (Å²) in [5.41, 5.74) is 2.22. The molecular formula is C33H44N6O4. The zero-order valence-electron chi connectivity index (χ0n) is 25.6. The minimum Gasteiger partial charge on any atom is -0.444 e. The maximum atomic E-state index is 13.8. The van der Waals surface area contributed by atoms with Crippen molar-refractivity contribution >= 4 is 35.0 Å². The molecule has 0 radical (unpaired) electrons. The molecule has 0 spiro atoms. The molecule has 10 heteroatoms. The van der Waals surface area contributed by atoms with E-state index in [9.17, 15) is 14.8 Å². The van der Waals surface area contributed by atoms with E-state index in [4.69, 9.17) is 9.72 Å². The third-order valence-corrected chi connectivity index (χ3v) is 10.2. The molecule has 10 nitrogen and oxygen atoms in total. The maximum absolute atomic E-state index is 13.8. The van der Waals surface area contributed by atoms with Gasteiger partial charge in [-0.2, -0.15) is 0 Å². The van der Waals surface area contributed by atoms with Gasteiger partial charge in [-0.1, -0.05) is 12.1 Å². The van der Waals surface area contributed by atoms with E-state index in [0.717, 1.165) is 65.5 Å². The van der Waals surface area contributed by atoms with Crippen molar-refractivity contribution in [1.82, 2.24) is 14.9 Å². The zero-order chi connectivity index (χ0) is 29.9. The molecular weight excluding hydrogens is 544 g/mol. The van der Waals surface area contributed by atoms with Crippen LogP contribution < -0.4 is 14.7 Å². The molecule has 4 saturated carbocycles. The number of benzene rings is 1. The summed E-state index contributed by atoms with van der Waals surface area (Å²) in [6.45, 7) is 9.34. The molecule has 3 heterocycles. The van der Waals surface area contributed by atoms with Crippen molar-refractivity contribution in [1.29, 1.82) is 0 Å². The predicted molar refractivity (Wildman–Crippen MR) is 165 cm³/mol. The van der Waals surface area contributed by atoms with Crippen LogP contribution >= 0.6 is 0 Å². The van der Waals surface area contributed by atoms with E-state index >= 15 is 0 Å². The summed E-state index contributed by atoms with van der Waals surface area (Å²) in [5.74, 6) is 3.23. The first-order chi connectivity index (χ1) is 20.6. The van der Waals surface area contributed by atoms with Crippen LogP contribution in [0.25, 0.3) is 0 Å². The summed E-state index contributed by atoms with van der Waals surface area (Å²) in [6.07, 6.45) is 7.55. The van der Waals surface area contributed by atoms with E-state index in [1.807, 2.05) is 57.3 Å². The number of hydroxylamine groups is 2. The van der Waals surface area contributed by atoms with Crippen molar-refractivity contribution < 1.29 is 19.5 Å². The molecule has 0 atom stereocenters. The fraction of sp³-hybridized carbons (Fsp3) is 0.606. The Labute approximate surface area is 254 Å². The molecule has 3 amide bonds. The molecule has 8 rings (SSSR count). The van der Waals surface area contributed by atoms with Crippen LogP contribution in [0.4, 0.5) is 32.5 Å². The highest BCUT2D eigenvalue weighted by Gasteiger charge is 2.52. The summed E-state index contributed by atoms with van der Waals surface area (Å²) in [6, 6.07) is 11.6. The smallest absolute Gasteiger partial charge is 0.410 e. The summed E-state index contributed by atoms with van der Waals surface area (Å²) >= 11 is 0. The second-order valence-corrected chi connectivity index (χ2v) is 14.2. The van der Waals surface area contributed by atoms with Crippen molar-refractivity contribution in [3.63, 3.8) is 0 Å². The molecule has 1 aromatic carbocycles. The quantitative estimate of drug-likeness (QED) is 0.362. The SMILES string of the molecule is CC(C)(C)OC(=O)N1CCN(c2ccc(N3CCN(C(=O)N(O)C4C5CC6CC(C5)CC4C6)c4ccccc43)nc2)CC1. The molecule has 6 aliphatic rings. The van der Waals surface area contributed by atoms with Gasteiger partial charge in [0.15, 0.2) is 0 Å². The molecule has 4 aliphatic carbocycles. The van der Waals surface area contributed by atoms with Crippen molar-refractivity contribution in [2.75, 3.05) is 54.0 Å². The maximum Gasteiger partial charge on any atom is 0.410 e. The van der Waals surface area contributed by atoms with E-state index < -0.39 is 5.60 Å². The number of hydrogen-bond donors (Lipinski definition) is 1. The van der Waals surface area contributed by atoms with E-state index in [2.05, 4.69) is 15.9 Å². The third kappa shape index (κ3) is 5.39. The van der Waals surface area contributed by atoms with Crippen molar-refractivity contribution in [3.8, 4) is 0 Å². The number of fused-ring (bicyclic) bond motifs is 1. The van der Waals surface area contributed by atoms with Crippen LogP contribution in [0.3, 0.4) is 0 Å². The highest BCUT2D eigenvalue weighted by atomic mass is 16.6. The summed E-state index contributed by atoms with van der Waals surface area (Å²) in [5, 5.41) is 12.5. The second kappa shape index (κ2) is 10.9. The molecule has 0 unspecified atom stereocenters. The Morgan fingerprint density at radius 1 is 0.860 bits per heavy atom. The first-order valence-electron chi connectivity index (χ1n) is 16.0. The zero-order valence-corrected chi connectivity index (χ0v) is 25.6. The minimum atomic E-state index is -0.502. The largest absolute Gasteiger partial charge is 0.444 e. The van der Waals surface area contributed by atoms with Crippen molar-refractivity contribution in [2.24, 2.45) is 23.7 Å². The fourth-order valence-electron chi connectivity index (χ4n) is 8.54. The number of aromatic nitrogens is 1. The normalized spacial score (nSPS) is 28.1. The topological polar surface area (TPSA) is 92.7 Å². The van der Waals surface area contributed by atoms with E-state index in [0.29, 0.717) is 51.1 Å². The number of para-hydroxylation sites is 2. The van der Waals surface area contributed by atoms with Crippen LogP contribution in [0.5, 0.6) is 0 Å². The second-order valence-electron chi connectivity index (χ2n) is 14.2. The number of nitrogens with zero attached hydrogens (tertiary/aromatic N) is 6. The van der Waals surface area contributed by atoms with Gasteiger partial charge in [0.2, 0.25) is 0 Å². The van der Waals surface area contributed by atoms with E-state index in [1.165, 1.54) is 6.42 Å². The number of carbonyl (C=O) groups is 2. The van der Waals surface area contributed by atoms with Gasteiger partial charge in [0.1, 0.15) is 11.4 Å². The number of rotatable bonds is 3. The molecule has 230 valence electrons. The van der Waals surface area contributed by atoms with Crippen LogP contribution in [0.2, 0.25) is 0 Å². The standard InChI is InChI=1S/C33H44N6O4/c1-33(2,3)43-32(41)36-12-10-35(11-13-36)26-8-9-29(34-21-26)37-14-15-38(28-7-5-4-6-27(28)37)31(40)39(42)30-24-17-22-16-23(19-24)20-25(30)18-22/h4-9,21-25,30,42H,10-20H2,1-3H3. The molecule has 2 aliphatic heterocycles. The van der Waals surface area contributed by atoms with Gasteiger partial charge >= 0.3 is 12.1 Å². The number of amides is 3. The monoisotopic (exact) mass is 588 g/mol. The van der Waals surface area contributed by atoms with Crippen LogP contribution in [0.15, 0.2) is 42.6 Å². The predicted octanol–water partition coefficient (Wildman–Crippen LogP) is 5.73. The molecule has 4 bridgehead atoms. The molecule has 43 heavy (non-hydrogen) atoms. The van der Waals surface area contributed by atoms with Gasteiger partial charge in [0.25, 0.3) is 0 Å². The molecule has 2 aromatic rings. The lowest BCUT2D eigenvalue weighted by atomic mass is 9.54. The van der Waals surface area contributed by atoms with E-state index in [-0.39, 0.29) is 18.2 Å². The van der Waals surface area contributed by atoms with Gasteiger partial charge in [-0.05, 0) is 101 Å². The average Bonchev–Trinajstić information content (AvgIpc) is 2.99. The van der Waals surface area contributed by atoms with Crippen LogP contribution in [0, 0.1) is 23.7 Å². The Bertz CT molecular complexity index is 1320. The van der Waals surface area contributed by atoms with Gasteiger partial charge in [-0.25, -0.2) is 19.6 Å². The Morgan fingerprint density at radius 2 is 1.51 bits per heavy atom. The minimum absolute atomic E-state index is 0.0642. The van der Waals surface area contributed by atoms with Gasteiger partial charge in [-0.3, -0.25) is 10.1 Å². The highest BCUT2D eigenvalue weighted by molar-refractivity contribution is 5.97. The van der Waals surface area contributed by atoms with Gasteiger partial charge in [0.05, 0.1) is 29.3 Å². The van der Waals surface area contributed by atoms with E-state index in [1.54, 1.807) is 9.80 Å². The molecule has 5 fully saturated rings. The van der Waals surface area contributed by atoms with Crippen LogP contribution in [-0.4, -0.2) is 83.2 Å². The number of carbonyl (C=O) groups excluding carboxylic acids is 2. The molecule has 1 N–H and O–H groups in total. The van der Waals surface area contributed by atoms with Gasteiger partial charge < -0.3 is 19.4 Å². The van der Waals surface area contributed by atoms with Gasteiger partial charge in [-0.15, -0.1) is 0 Å². The Morgan fingerprint density at radius 3 is 2.12 bits per heavy atom. The first kappa shape index (κ1) is 28.3. The Hall–Kier alpha value is -3.53. The number of ether oxygens (including phenoxy) is 1. The summed E-state index contributed by atoms with van der Waals surface area (Å²) in [7, 11) is 0. The number of pyridine rings is 1. The number of anilines is 4. The number of hydrogen-bond acceptors (Lipinski definition) is 7. The van der Waals surface area contributed by atoms with Crippen molar-refractivity contribution in [2.45, 2.75) is 64.5 Å². The average molecular weight is 589 g/mol. The summed E-state index contributed by atoms with van der Waals surface area (Å²) in [4.78, 5) is 39.0. The fourth-order valence-corrected chi connectivity index (χ4v) is 8.54. The van der Waals surface area contributed by atoms with Crippen molar-refractivity contribution in [3.05, 3.63) is 42.6 Å². The summed E-state index contributed by atoms with van der Waals surface area (Å²) < 4.78 is 5.53. The lowest BCUT2D eigenvalue weighted by Gasteiger charge is -2.56. The highest BCUT2D eigenvalue weighted by Crippen LogP contribution is 2.55. The number of urea groups is 1. The molecule has 1 saturated heterocycles. The van der Waals surface area contributed by atoms with Gasteiger partial charge in [0, 0.05) is 39.3 Å².